The fraction of sp³-hybridized carbons (Fsp3) is 0. The number of hydrogen-bond donors (Lipinski definition) is 4. The summed E-state index contributed by atoms with van der Waals surface area (Å²) < 4.78 is 44.4. The third-order valence-corrected chi connectivity index (χ3v) is 8.94. The van der Waals surface area contributed by atoms with Crippen molar-refractivity contribution in [2.75, 3.05) is 0 Å². The number of hydrogen-bond acceptors (Lipinski definition) is 12. The number of nitrogens with zero attached hydrogens (tertiary/aromatic N) is 6. The van der Waals surface area contributed by atoms with Gasteiger partial charge in [0.15, 0.2) is 32.4 Å². The Morgan fingerprint density at radius 3 is 1.78 bits per heavy atom. The van der Waals surface area contributed by atoms with E-state index in [1.165, 1.54) is 48.5 Å². The van der Waals surface area contributed by atoms with E-state index in [4.69, 9.17) is 0 Å². The number of aromatic carboxylic acids is 1. The standard InChI is InChI=1S/C33H24N6O8S2/c1-3-49(46,47)23-14-12-22(13-15-23)34-36-27-16-17-28(25-7-5-4-6-24(25)27)37-39-31-29(40)18-26(33(42)43)30(32(31)41)38-35-21-10-8-20(9-11-21)19(2)48(44)45/h3-18,40-41H,1-2H2,(H,42,43)(H,44,45). The summed E-state index contributed by atoms with van der Waals surface area (Å²) in [5, 5.41) is 57.9. The molecule has 0 radical (unpaired) electrons. The molecular weight excluding hydrogens is 673 g/mol. The number of carboxylic acid groups (broad SMARTS) is 1. The molecule has 1 unspecified atom stereocenters. The van der Waals surface area contributed by atoms with Crippen molar-refractivity contribution < 1.29 is 37.3 Å². The molecule has 5 rings (SSSR count). The van der Waals surface area contributed by atoms with Crippen molar-refractivity contribution in [2.24, 2.45) is 30.7 Å². The van der Waals surface area contributed by atoms with Crippen molar-refractivity contribution in [1.29, 1.82) is 0 Å². The topological polar surface area (TPSA) is 223 Å². The van der Waals surface area contributed by atoms with Crippen LogP contribution in [-0.4, -0.2) is 38.5 Å². The van der Waals surface area contributed by atoms with Gasteiger partial charge in [0.2, 0.25) is 0 Å². The average molecular weight is 697 g/mol. The van der Waals surface area contributed by atoms with E-state index in [1.54, 1.807) is 36.4 Å². The zero-order chi connectivity index (χ0) is 35.3. The van der Waals surface area contributed by atoms with Gasteiger partial charge in [-0.2, -0.15) is 10.2 Å². The number of phenolic OH excluding ortho intramolecular Hbond substituents is 2. The zero-order valence-electron chi connectivity index (χ0n) is 25.1. The molecule has 0 aliphatic carbocycles. The predicted molar refractivity (Wildman–Crippen MR) is 183 cm³/mol. The van der Waals surface area contributed by atoms with E-state index < -0.39 is 55.3 Å². The Morgan fingerprint density at radius 1 is 0.735 bits per heavy atom. The Morgan fingerprint density at radius 2 is 1.24 bits per heavy atom. The van der Waals surface area contributed by atoms with Crippen LogP contribution in [0, 0.1) is 0 Å². The highest BCUT2D eigenvalue weighted by Crippen LogP contribution is 2.47. The lowest BCUT2D eigenvalue weighted by Crippen LogP contribution is -1.97. The Bertz CT molecular complexity index is 2360. The minimum atomic E-state index is -3.59. The number of fused-ring (bicyclic) bond motifs is 1. The molecule has 0 aromatic heterocycles. The van der Waals surface area contributed by atoms with Crippen molar-refractivity contribution in [3.8, 4) is 11.5 Å². The van der Waals surface area contributed by atoms with Gasteiger partial charge in [0.25, 0.3) is 0 Å². The van der Waals surface area contributed by atoms with Crippen molar-refractivity contribution in [1.82, 2.24) is 0 Å². The van der Waals surface area contributed by atoms with E-state index in [2.05, 4.69) is 43.8 Å². The maximum atomic E-state index is 12.0. The van der Waals surface area contributed by atoms with Gasteiger partial charge >= 0.3 is 5.97 Å². The molecule has 0 amide bonds. The van der Waals surface area contributed by atoms with Crippen molar-refractivity contribution in [2.45, 2.75) is 4.90 Å². The third kappa shape index (κ3) is 7.51. The molecule has 14 nitrogen and oxygen atoms in total. The van der Waals surface area contributed by atoms with Gasteiger partial charge in [0, 0.05) is 16.2 Å². The van der Waals surface area contributed by atoms with Gasteiger partial charge < -0.3 is 19.9 Å². The quantitative estimate of drug-likeness (QED) is 0.0767. The van der Waals surface area contributed by atoms with Crippen LogP contribution in [0.15, 0.2) is 145 Å². The molecule has 0 heterocycles. The highest BCUT2D eigenvalue weighted by Gasteiger charge is 2.22. The molecule has 4 N–H and O–H groups in total. The summed E-state index contributed by atoms with van der Waals surface area (Å²) in [6.07, 6.45) is 0. The van der Waals surface area contributed by atoms with E-state index in [9.17, 15) is 37.3 Å². The second-order valence-electron chi connectivity index (χ2n) is 9.97. The first-order valence-electron chi connectivity index (χ1n) is 13.9. The summed E-state index contributed by atoms with van der Waals surface area (Å²) in [7, 11) is -3.59. The summed E-state index contributed by atoms with van der Waals surface area (Å²) in [4.78, 5) is 12.0. The van der Waals surface area contributed by atoms with Gasteiger partial charge in [-0.3, -0.25) is 0 Å². The number of sulfone groups is 1. The van der Waals surface area contributed by atoms with E-state index >= 15 is 0 Å². The van der Waals surface area contributed by atoms with Crippen molar-refractivity contribution >= 4 is 76.7 Å². The van der Waals surface area contributed by atoms with E-state index in [0.717, 1.165) is 11.5 Å². The molecule has 49 heavy (non-hydrogen) atoms. The van der Waals surface area contributed by atoms with Gasteiger partial charge in [-0.1, -0.05) is 49.6 Å². The van der Waals surface area contributed by atoms with Gasteiger partial charge in [-0.25, -0.2) is 17.4 Å². The number of carbonyl (C=O) groups is 1. The molecule has 1 atom stereocenters. The number of benzene rings is 5. The molecule has 0 aliphatic heterocycles. The van der Waals surface area contributed by atoms with Crippen LogP contribution in [0.2, 0.25) is 0 Å². The number of azo groups is 3. The van der Waals surface area contributed by atoms with Crippen molar-refractivity contribution in [3.63, 3.8) is 0 Å². The maximum absolute atomic E-state index is 12.0. The number of aromatic hydroxyl groups is 2. The Hall–Kier alpha value is -6.23. The van der Waals surface area contributed by atoms with Crippen LogP contribution in [-0.2, 0) is 20.9 Å². The van der Waals surface area contributed by atoms with Gasteiger partial charge in [0.1, 0.15) is 11.4 Å². The van der Waals surface area contributed by atoms with Crippen LogP contribution in [0.5, 0.6) is 11.5 Å². The van der Waals surface area contributed by atoms with Crippen LogP contribution >= 0.6 is 0 Å². The molecule has 5 aromatic rings. The fourth-order valence-corrected chi connectivity index (χ4v) is 5.42. The zero-order valence-corrected chi connectivity index (χ0v) is 26.7. The predicted octanol–water partition coefficient (Wildman–Crippen LogP) is 9.30. The fourth-order valence-electron chi connectivity index (χ4n) is 4.38. The second kappa shape index (κ2) is 14.3. The van der Waals surface area contributed by atoms with E-state index in [0.29, 0.717) is 33.4 Å². The average Bonchev–Trinajstić information content (AvgIpc) is 3.10. The van der Waals surface area contributed by atoms with Crippen LogP contribution in [0.3, 0.4) is 0 Å². The summed E-state index contributed by atoms with van der Waals surface area (Å²) in [6.45, 7) is 6.84. The maximum Gasteiger partial charge on any atom is 0.338 e. The lowest BCUT2D eigenvalue weighted by atomic mass is 10.1. The summed E-state index contributed by atoms with van der Waals surface area (Å²) >= 11 is -2.27. The molecule has 5 aromatic carbocycles. The van der Waals surface area contributed by atoms with Crippen LogP contribution in [0.25, 0.3) is 15.7 Å². The third-order valence-electron chi connectivity index (χ3n) is 6.92. The molecule has 0 bridgehead atoms. The van der Waals surface area contributed by atoms with Gasteiger partial charge in [-0.05, 0) is 60.2 Å². The lowest BCUT2D eigenvalue weighted by molar-refractivity contribution is 0.0697. The highest BCUT2D eigenvalue weighted by atomic mass is 32.2. The first kappa shape index (κ1) is 34.1. The molecule has 246 valence electrons. The molecule has 0 saturated carbocycles. The summed E-state index contributed by atoms with van der Waals surface area (Å²) in [6, 6.07) is 22.7. The second-order valence-corrected chi connectivity index (χ2v) is 12.9. The Balaban J connectivity index is 1.47. The number of phenols is 2. The van der Waals surface area contributed by atoms with E-state index in [-0.39, 0.29) is 15.5 Å². The molecule has 0 spiro atoms. The minimum absolute atomic E-state index is 0.0267. The smallest absolute Gasteiger partial charge is 0.338 e. The number of carboxylic acids is 1. The minimum Gasteiger partial charge on any atom is -0.505 e. The Kier molecular flexibility index (Phi) is 9.93. The Labute approximate surface area is 281 Å². The van der Waals surface area contributed by atoms with Crippen LogP contribution in [0.1, 0.15) is 15.9 Å². The first-order valence-corrected chi connectivity index (χ1v) is 16.5. The summed E-state index contributed by atoms with van der Waals surface area (Å²) in [5.74, 6) is -2.99. The molecule has 0 aliphatic rings. The van der Waals surface area contributed by atoms with Gasteiger partial charge in [-0.15, -0.1) is 20.5 Å². The molecule has 16 heteroatoms. The normalized spacial score (nSPS) is 12.6. The largest absolute Gasteiger partial charge is 0.505 e. The molecule has 0 saturated heterocycles. The summed E-state index contributed by atoms with van der Waals surface area (Å²) in [5.41, 5.74) is 0.233. The van der Waals surface area contributed by atoms with Crippen LogP contribution in [0.4, 0.5) is 34.1 Å². The van der Waals surface area contributed by atoms with Gasteiger partial charge in [0.05, 0.1) is 38.1 Å². The first-order chi connectivity index (χ1) is 23.4. The van der Waals surface area contributed by atoms with Crippen molar-refractivity contribution in [3.05, 3.63) is 121 Å². The van der Waals surface area contributed by atoms with Crippen LogP contribution < -0.4 is 0 Å². The molecule has 0 fully saturated rings. The van der Waals surface area contributed by atoms with E-state index in [1.807, 2.05) is 0 Å². The molecular formula is C33H24N6O8S2. The lowest BCUT2D eigenvalue weighted by Gasteiger charge is -2.08. The number of rotatable bonds is 11. The highest BCUT2D eigenvalue weighted by molar-refractivity contribution is 7.94. The SMILES string of the molecule is C=CS(=O)(=O)c1ccc(N=Nc2ccc(N=Nc3c(O)cc(C(=O)O)c(N=Nc4ccc(C(=C)S(=O)O)cc4)c3O)c3ccccc23)cc1. The monoisotopic (exact) mass is 696 g/mol.